The van der Waals surface area contributed by atoms with Gasteiger partial charge in [-0.15, -0.1) is 0 Å². The van der Waals surface area contributed by atoms with Gasteiger partial charge < -0.3 is 4.74 Å². The molecule has 0 saturated heterocycles. The monoisotopic (exact) mass is 199 g/mol. The molecule has 0 bridgehead atoms. The van der Waals surface area contributed by atoms with Crippen molar-refractivity contribution in [2.45, 2.75) is 52.3 Å². The summed E-state index contributed by atoms with van der Waals surface area (Å²) < 4.78 is 5.15. The van der Waals surface area contributed by atoms with Gasteiger partial charge in [0.15, 0.2) is 6.23 Å². The number of ether oxygens (including phenoxy) is 1. The van der Waals surface area contributed by atoms with Crippen molar-refractivity contribution in [3.63, 3.8) is 0 Å². The summed E-state index contributed by atoms with van der Waals surface area (Å²) in [5.74, 6) is -0.375. The van der Waals surface area contributed by atoms with E-state index in [2.05, 4.69) is 18.8 Å². The van der Waals surface area contributed by atoms with Gasteiger partial charge in [0, 0.05) is 11.6 Å². The minimum atomic E-state index is -0.375. The second-order valence-corrected chi connectivity index (χ2v) is 4.31. The fourth-order valence-electron chi connectivity index (χ4n) is 1.09. The molecule has 0 aliphatic heterocycles. The molecule has 0 aliphatic carbocycles. The van der Waals surface area contributed by atoms with E-state index in [9.17, 15) is 4.79 Å². The van der Waals surface area contributed by atoms with Gasteiger partial charge in [-0.3, -0.25) is 5.32 Å². The Morgan fingerprint density at radius 1 is 1.57 bits per heavy atom. The van der Waals surface area contributed by atoms with E-state index in [0.29, 0.717) is 0 Å². The van der Waals surface area contributed by atoms with Gasteiger partial charge >= 0.3 is 5.97 Å². The van der Waals surface area contributed by atoms with Crippen LogP contribution in [0, 0.1) is 0 Å². The predicted octanol–water partition coefficient (Wildman–Crippen LogP) is 2.23. The lowest BCUT2D eigenvalue weighted by atomic mass is 10.1. The van der Waals surface area contributed by atoms with E-state index in [-0.39, 0.29) is 17.7 Å². The third-order valence-electron chi connectivity index (χ3n) is 1.57. The number of nitrogens with one attached hydrogen (secondary N) is 1. The topological polar surface area (TPSA) is 38.3 Å². The van der Waals surface area contributed by atoms with E-state index < -0.39 is 0 Å². The Labute approximate surface area is 86.5 Å². The molecule has 1 unspecified atom stereocenters. The average molecular weight is 199 g/mol. The van der Waals surface area contributed by atoms with Crippen molar-refractivity contribution in [2.24, 2.45) is 0 Å². The Morgan fingerprint density at radius 3 is 2.50 bits per heavy atom. The normalized spacial score (nSPS) is 13.4. The van der Waals surface area contributed by atoms with Crippen molar-refractivity contribution in [2.75, 3.05) is 0 Å². The average Bonchev–Trinajstić information content (AvgIpc) is 2.01. The Kier molecular flexibility index (Phi) is 5.46. The van der Waals surface area contributed by atoms with Gasteiger partial charge in [-0.1, -0.05) is 19.9 Å². The Hall–Kier alpha value is -0.830. The Balaban J connectivity index is 4.15. The molecule has 0 heterocycles. The number of rotatable bonds is 5. The third-order valence-corrected chi connectivity index (χ3v) is 1.57. The predicted molar refractivity (Wildman–Crippen MR) is 57.9 cm³/mol. The highest BCUT2D eigenvalue weighted by Crippen LogP contribution is 2.07. The summed E-state index contributed by atoms with van der Waals surface area (Å²) in [7, 11) is 0. The van der Waals surface area contributed by atoms with Crippen LogP contribution in [-0.4, -0.2) is 17.7 Å². The highest BCUT2D eigenvalue weighted by molar-refractivity contribution is 5.81. The second-order valence-electron chi connectivity index (χ2n) is 4.31. The molecule has 0 aromatic heterocycles. The van der Waals surface area contributed by atoms with E-state index in [1.807, 2.05) is 20.8 Å². The number of carbonyl (C=O) groups excluding carboxylic acids is 1. The molecule has 0 radical (unpaired) electrons. The lowest BCUT2D eigenvalue weighted by Gasteiger charge is -2.27. The van der Waals surface area contributed by atoms with Gasteiger partial charge in [0.05, 0.1) is 0 Å². The molecule has 3 nitrogen and oxygen atoms in total. The van der Waals surface area contributed by atoms with E-state index in [0.717, 1.165) is 12.8 Å². The van der Waals surface area contributed by atoms with Crippen LogP contribution < -0.4 is 5.32 Å². The van der Waals surface area contributed by atoms with Crippen LogP contribution in [0.25, 0.3) is 0 Å². The largest absolute Gasteiger partial charge is 0.443 e. The third kappa shape index (κ3) is 6.66. The lowest BCUT2D eigenvalue weighted by molar-refractivity contribution is -0.145. The summed E-state index contributed by atoms with van der Waals surface area (Å²) in [6.07, 6.45) is 2.76. The van der Waals surface area contributed by atoms with Crippen LogP contribution in [-0.2, 0) is 9.53 Å². The molecule has 1 atom stereocenters. The van der Waals surface area contributed by atoms with Crippen molar-refractivity contribution in [3.05, 3.63) is 12.7 Å². The molecule has 0 saturated carbocycles. The smallest absolute Gasteiger partial charge is 0.331 e. The number of hydrogen-bond acceptors (Lipinski definition) is 3. The molecule has 0 aromatic carbocycles. The molecular formula is C11H21NO2. The van der Waals surface area contributed by atoms with Gasteiger partial charge in [-0.2, -0.15) is 0 Å². The molecule has 0 spiro atoms. The first-order valence-corrected chi connectivity index (χ1v) is 4.99. The van der Waals surface area contributed by atoms with Crippen LogP contribution in [0.1, 0.15) is 40.5 Å². The highest BCUT2D eigenvalue weighted by Gasteiger charge is 2.18. The maximum atomic E-state index is 11.0. The zero-order chi connectivity index (χ0) is 11.2. The fraction of sp³-hybridized carbons (Fsp3) is 0.727. The molecule has 0 fully saturated rings. The van der Waals surface area contributed by atoms with Crippen molar-refractivity contribution in [1.82, 2.24) is 5.32 Å². The molecule has 82 valence electrons. The van der Waals surface area contributed by atoms with E-state index in [4.69, 9.17) is 4.74 Å². The van der Waals surface area contributed by atoms with Crippen LogP contribution in [0.2, 0.25) is 0 Å². The first kappa shape index (κ1) is 13.2. The summed E-state index contributed by atoms with van der Waals surface area (Å²) in [6.45, 7) is 11.5. The summed E-state index contributed by atoms with van der Waals surface area (Å²) in [5, 5.41) is 3.23. The zero-order valence-corrected chi connectivity index (χ0v) is 9.59. The van der Waals surface area contributed by atoms with Gasteiger partial charge in [-0.05, 0) is 27.2 Å². The minimum Gasteiger partial charge on any atom is -0.443 e. The second kappa shape index (κ2) is 5.81. The van der Waals surface area contributed by atoms with Crippen molar-refractivity contribution in [3.8, 4) is 0 Å². The van der Waals surface area contributed by atoms with Gasteiger partial charge in [0.1, 0.15) is 0 Å². The summed E-state index contributed by atoms with van der Waals surface area (Å²) in [4.78, 5) is 11.0. The first-order chi connectivity index (χ1) is 6.39. The quantitative estimate of drug-likeness (QED) is 0.419. The van der Waals surface area contributed by atoms with E-state index in [1.165, 1.54) is 6.08 Å². The molecular weight excluding hydrogens is 178 g/mol. The van der Waals surface area contributed by atoms with Crippen LogP contribution in [0.3, 0.4) is 0 Å². The number of esters is 1. The maximum absolute atomic E-state index is 11.0. The van der Waals surface area contributed by atoms with Crippen molar-refractivity contribution in [1.29, 1.82) is 0 Å². The number of hydrogen-bond donors (Lipinski definition) is 1. The fourth-order valence-corrected chi connectivity index (χ4v) is 1.09. The molecule has 0 rings (SSSR count). The highest BCUT2D eigenvalue weighted by atomic mass is 16.6. The van der Waals surface area contributed by atoms with Crippen LogP contribution in [0.15, 0.2) is 12.7 Å². The Bertz CT molecular complexity index is 194. The SMILES string of the molecule is C=CC(=O)OC(CCC)NC(C)(C)C. The molecule has 1 N–H and O–H groups in total. The maximum Gasteiger partial charge on any atom is 0.331 e. The van der Waals surface area contributed by atoms with Crippen molar-refractivity contribution < 1.29 is 9.53 Å². The molecule has 0 aliphatic rings. The van der Waals surface area contributed by atoms with Crippen LogP contribution in [0.4, 0.5) is 0 Å². The standard InChI is InChI=1S/C11H21NO2/c1-6-8-9(12-11(3,4)5)14-10(13)7-2/h7,9,12H,2,6,8H2,1,3-5H3. The molecule has 14 heavy (non-hydrogen) atoms. The van der Waals surface area contributed by atoms with Crippen molar-refractivity contribution >= 4 is 5.97 Å². The lowest BCUT2D eigenvalue weighted by Crippen LogP contribution is -2.45. The molecule has 0 amide bonds. The Morgan fingerprint density at radius 2 is 2.14 bits per heavy atom. The summed E-state index contributed by atoms with van der Waals surface area (Å²) in [5.41, 5.74) is -0.0543. The van der Waals surface area contributed by atoms with E-state index in [1.54, 1.807) is 0 Å². The molecule has 3 heteroatoms. The van der Waals surface area contributed by atoms with E-state index >= 15 is 0 Å². The van der Waals surface area contributed by atoms with Crippen LogP contribution in [0.5, 0.6) is 0 Å². The van der Waals surface area contributed by atoms with Gasteiger partial charge in [0.25, 0.3) is 0 Å². The zero-order valence-electron chi connectivity index (χ0n) is 9.59. The first-order valence-electron chi connectivity index (χ1n) is 4.99. The number of carbonyl (C=O) groups is 1. The minimum absolute atomic E-state index is 0.0543. The summed E-state index contributed by atoms with van der Waals surface area (Å²) in [6, 6.07) is 0. The van der Waals surface area contributed by atoms with Gasteiger partial charge in [0.2, 0.25) is 0 Å². The van der Waals surface area contributed by atoms with Gasteiger partial charge in [-0.25, -0.2) is 4.79 Å². The summed E-state index contributed by atoms with van der Waals surface area (Å²) >= 11 is 0. The molecule has 0 aromatic rings. The van der Waals surface area contributed by atoms with Crippen LogP contribution >= 0.6 is 0 Å².